The molecule has 2 aromatic carbocycles. The molecule has 0 bridgehead atoms. The number of nitrogens with zero attached hydrogens (tertiary/aromatic N) is 2. The van der Waals surface area contributed by atoms with E-state index in [9.17, 15) is 10.1 Å². The zero-order valence-corrected chi connectivity index (χ0v) is 11.1. The summed E-state index contributed by atoms with van der Waals surface area (Å²) >= 11 is 0. The zero-order valence-electron chi connectivity index (χ0n) is 11.1. The summed E-state index contributed by atoms with van der Waals surface area (Å²) in [5.41, 5.74) is 4.83. The van der Waals surface area contributed by atoms with Gasteiger partial charge in [-0.25, -0.2) is 0 Å². The molecule has 20 heavy (non-hydrogen) atoms. The number of nitrogens with one attached hydrogen (secondary N) is 1. The van der Waals surface area contributed by atoms with E-state index >= 15 is 0 Å². The van der Waals surface area contributed by atoms with Crippen molar-refractivity contribution in [2.24, 2.45) is 5.84 Å². The molecule has 0 aliphatic carbocycles. The van der Waals surface area contributed by atoms with Gasteiger partial charge in [-0.2, -0.15) is 0 Å². The van der Waals surface area contributed by atoms with Gasteiger partial charge in [0, 0.05) is 31.4 Å². The highest BCUT2D eigenvalue weighted by atomic mass is 16.6. The third kappa shape index (κ3) is 3.24. The average Bonchev–Trinajstić information content (AvgIpc) is 2.47. The number of nitro benzene ring substituents is 1. The number of rotatable bonds is 5. The molecule has 6 nitrogen and oxygen atoms in total. The lowest BCUT2D eigenvalue weighted by Gasteiger charge is -2.20. The van der Waals surface area contributed by atoms with Crippen molar-refractivity contribution in [1.29, 1.82) is 0 Å². The number of nitro groups is 1. The highest BCUT2D eigenvalue weighted by Crippen LogP contribution is 2.26. The lowest BCUT2D eigenvalue weighted by atomic mass is 10.2. The van der Waals surface area contributed by atoms with E-state index in [0.717, 1.165) is 11.3 Å². The molecule has 0 spiro atoms. The molecule has 0 saturated heterocycles. The first-order valence-corrected chi connectivity index (χ1v) is 6.11. The van der Waals surface area contributed by atoms with Crippen LogP contribution in [0.3, 0.4) is 0 Å². The summed E-state index contributed by atoms with van der Waals surface area (Å²) in [6.07, 6.45) is 0. The van der Waals surface area contributed by atoms with Gasteiger partial charge in [0.2, 0.25) is 0 Å². The average molecular weight is 272 g/mol. The van der Waals surface area contributed by atoms with Crippen LogP contribution in [0.15, 0.2) is 48.5 Å². The number of hydrogen-bond donors (Lipinski definition) is 2. The van der Waals surface area contributed by atoms with Crippen LogP contribution in [0, 0.1) is 10.1 Å². The van der Waals surface area contributed by atoms with Crippen molar-refractivity contribution in [3.63, 3.8) is 0 Å². The molecule has 104 valence electrons. The molecule has 3 N–H and O–H groups in total. The molecule has 2 rings (SSSR count). The minimum absolute atomic E-state index is 0.00959. The lowest BCUT2D eigenvalue weighted by molar-refractivity contribution is -0.384. The van der Waals surface area contributed by atoms with Gasteiger partial charge in [-0.1, -0.05) is 30.3 Å². The van der Waals surface area contributed by atoms with Crippen molar-refractivity contribution in [3.8, 4) is 0 Å². The van der Waals surface area contributed by atoms with E-state index in [0.29, 0.717) is 12.2 Å². The van der Waals surface area contributed by atoms with Crippen LogP contribution in [-0.4, -0.2) is 12.0 Å². The van der Waals surface area contributed by atoms with E-state index in [1.807, 2.05) is 42.3 Å². The summed E-state index contributed by atoms with van der Waals surface area (Å²) in [6.45, 7) is 0.659. The van der Waals surface area contributed by atoms with E-state index in [4.69, 9.17) is 5.84 Å². The summed E-state index contributed by atoms with van der Waals surface area (Å²) in [5, 5.41) is 10.9. The molecule has 2 aromatic rings. The van der Waals surface area contributed by atoms with Gasteiger partial charge in [0.25, 0.3) is 5.69 Å². The van der Waals surface area contributed by atoms with Gasteiger partial charge in [-0.15, -0.1) is 0 Å². The maximum atomic E-state index is 10.9. The maximum absolute atomic E-state index is 10.9. The molecule has 0 amide bonds. The third-order valence-corrected chi connectivity index (χ3v) is 2.98. The van der Waals surface area contributed by atoms with E-state index < -0.39 is 4.92 Å². The first-order chi connectivity index (χ1) is 9.60. The Morgan fingerprint density at radius 3 is 2.55 bits per heavy atom. The first kappa shape index (κ1) is 13.8. The van der Waals surface area contributed by atoms with Gasteiger partial charge >= 0.3 is 0 Å². The number of benzene rings is 2. The van der Waals surface area contributed by atoms with Crippen molar-refractivity contribution >= 4 is 17.1 Å². The SMILES string of the molecule is CN(Cc1ccccc1)c1cc(NN)cc([N+](=O)[O-])c1. The number of hydrazine groups is 1. The Balaban J connectivity index is 2.27. The second-order valence-corrected chi connectivity index (χ2v) is 4.48. The quantitative estimate of drug-likeness (QED) is 0.496. The smallest absolute Gasteiger partial charge is 0.273 e. The fourth-order valence-corrected chi connectivity index (χ4v) is 1.95. The van der Waals surface area contributed by atoms with Gasteiger partial charge < -0.3 is 10.3 Å². The molecule has 0 saturated carbocycles. The van der Waals surface area contributed by atoms with E-state index in [1.54, 1.807) is 6.07 Å². The van der Waals surface area contributed by atoms with Crippen LogP contribution in [0.1, 0.15) is 5.56 Å². The van der Waals surface area contributed by atoms with E-state index in [-0.39, 0.29) is 5.69 Å². The molecule has 0 fully saturated rings. The predicted molar refractivity (Wildman–Crippen MR) is 79.5 cm³/mol. The fourth-order valence-electron chi connectivity index (χ4n) is 1.95. The molecular weight excluding hydrogens is 256 g/mol. The Bertz CT molecular complexity index is 601. The standard InChI is InChI=1S/C14H16N4O2/c1-17(10-11-5-3-2-4-6-11)13-7-12(16-15)8-14(9-13)18(19)20/h2-9,16H,10,15H2,1H3. The van der Waals surface area contributed by atoms with Crippen molar-refractivity contribution < 1.29 is 4.92 Å². The molecule has 0 atom stereocenters. The van der Waals surface area contributed by atoms with Crippen LogP contribution in [0.2, 0.25) is 0 Å². The Labute approximate surface area is 116 Å². The Hall–Kier alpha value is -2.60. The molecule has 0 aliphatic heterocycles. The molecular formula is C14H16N4O2. The Morgan fingerprint density at radius 2 is 1.95 bits per heavy atom. The number of nitrogens with two attached hydrogens (primary N) is 1. The minimum atomic E-state index is -0.430. The van der Waals surface area contributed by atoms with Crippen LogP contribution in [0.5, 0.6) is 0 Å². The van der Waals surface area contributed by atoms with Crippen LogP contribution in [0.25, 0.3) is 0 Å². The summed E-state index contributed by atoms with van der Waals surface area (Å²) in [4.78, 5) is 12.4. The number of hydrogen-bond acceptors (Lipinski definition) is 5. The third-order valence-electron chi connectivity index (χ3n) is 2.98. The number of anilines is 2. The van der Waals surface area contributed by atoms with Crippen molar-refractivity contribution in [1.82, 2.24) is 0 Å². The summed E-state index contributed by atoms with van der Waals surface area (Å²) < 4.78 is 0. The monoisotopic (exact) mass is 272 g/mol. The summed E-state index contributed by atoms with van der Waals surface area (Å²) in [6, 6.07) is 14.6. The van der Waals surface area contributed by atoms with Crippen LogP contribution in [-0.2, 0) is 6.54 Å². The summed E-state index contributed by atoms with van der Waals surface area (Å²) in [5.74, 6) is 5.35. The number of non-ortho nitro benzene ring substituents is 1. The van der Waals surface area contributed by atoms with Gasteiger partial charge in [0.05, 0.1) is 10.6 Å². The maximum Gasteiger partial charge on any atom is 0.273 e. The second-order valence-electron chi connectivity index (χ2n) is 4.48. The van der Waals surface area contributed by atoms with Crippen molar-refractivity contribution in [3.05, 3.63) is 64.2 Å². The molecule has 0 unspecified atom stereocenters. The molecule has 0 aliphatic rings. The van der Waals surface area contributed by atoms with Crippen LogP contribution in [0.4, 0.5) is 17.1 Å². The van der Waals surface area contributed by atoms with Gasteiger partial charge in [0.15, 0.2) is 0 Å². The lowest BCUT2D eigenvalue weighted by Crippen LogP contribution is -2.17. The van der Waals surface area contributed by atoms with Gasteiger partial charge in [-0.05, 0) is 11.6 Å². The molecule has 0 heterocycles. The van der Waals surface area contributed by atoms with Crippen LogP contribution < -0.4 is 16.2 Å². The van der Waals surface area contributed by atoms with Gasteiger partial charge in [0.1, 0.15) is 0 Å². The van der Waals surface area contributed by atoms with Gasteiger partial charge in [-0.3, -0.25) is 16.0 Å². The first-order valence-electron chi connectivity index (χ1n) is 6.11. The molecule has 6 heteroatoms. The van der Waals surface area contributed by atoms with Crippen LogP contribution >= 0.6 is 0 Å². The molecule has 0 aromatic heterocycles. The zero-order chi connectivity index (χ0) is 14.5. The highest BCUT2D eigenvalue weighted by molar-refractivity contribution is 5.64. The molecule has 0 radical (unpaired) electrons. The predicted octanol–water partition coefficient (Wildman–Crippen LogP) is 2.52. The largest absolute Gasteiger partial charge is 0.370 e. The minimum Gasteiger partial charge on any atom is -0.370 e. The highest BCUT2D eigenvalue weighted by Gasteiger charge is 2.12. The summed E-state index contributed by atoms with van der Waals surface area (Å²) in [7, 11) is 1.88. The van der Waals surface area contributed by atoms with Crippen molar-refractivity contribution in [2.45, 2.75) is 6.54 Å². The second kappa shape index (κ2) is 6.03. The Kier molecular flexibility index (Phi) is 4.17. The fraction of sp³-hybridized carbons (Fsp3) is 0.143. The normalized spacial score (nSPS) is 10.1. The van der Waals surface area contributed by atoms with Crippen molar-refractivity contribution in [2.75, 3.05) is 17.4 Å². The number of nitrogen functional groups attached to an aromatic ring is 1. The van der Waals surface area contributed by atoms with E-state index in [2.05, 4.69) is 5.43 Å². The van der Waals surface area contributed by atoms with E-state index in [1.165, 1.54) is 12.1 Å². The topological polar surface area (TPSA) is 84.4 Å². The Morgan fingerprint density at radius 1 is 1.25 bits per heavy atom.